The Morgan fingerprint density at radius 2 is 1.77 bits per heavy atom. The molecule has 2 heterocycles. The number of amides is 1. The number of carbonyl (C=O) groups excluding carboxylic acids is 1. The second kappa shape index (κ2) is 13.4. The summed E-state index contributed by atoms with van der Waals surface area (Å²) < 4.78 is 37.8. The Bertz CT molecular complexity index is 1320. The topological polar surface area (TPSA) is 101 Å². The summed E-state index contributed by atoms with van der Waals surface area (Å²) in [6, 6.07) is 6.45. The van der Waals surface area contributed by atoms with Gasteiger partial charge in [0.1, 0.15) is 11.8 Å². The Morgan fingerprint density at radius 1 is 1.09 bits per heavy atom. The van der Waals surface area contributed by atoms with Gasteiger partial charge >= 0.3 is 12.6 Å². The number of hydrogen-bond acceptors (Lipinski definition) is 6. The van der Waals surface area contributed by atoms with Crippen LogP contribution in [0.5, 0.6) is 11.6 Å². The van der Waals surface area contributed by atoms with E-state index in [-0.39, 0.29) is 28.7 Å². The summed E-state index contributed by atoms with van der Waals surface area (Å²) in [5, 5.41) is 14.3. The highest BCUT2D eigenvalue weighted by Crippen LogP contribution is 2.50. The predicted octanol–water partition coefficient (Wildman–Crippen LogP) is 6.73. The first kappa shape index (κ1) is 33.6. The van der Waals surface area contributed by atoms with Crippen molar-refractivity contribution < 1.29 is 33.0 Å². The molecule has 0 radical (unpaired) electrons. The molecule has 1 aromatic heterocycles. The van der Waals surface area contributed by atoms with Gasteiger partial charge in [0, 0.05) is 41.7 Å². The van der Waals surface area contributed by atoms with Crippen molar-refractivity contribution in [3.8, 4) is 11.6 Å². The van der Waals surface area contributed by atoms with E-state index in [0.29, 0.717) is 25.1 Å². The molecule has 0 bridgehead atoms. The van der Waals surface area contributed by atoms with E-state index in [1.54, 1.807) is 19.2 Å². The van der Waals surface area contributed by atoms with Crippen LogP contribution in [0.4, 0.5) is 8.78 Å². The number of benzene rings is 1. The summed E-state index contributed by atoms with van der Waals surface area (Å²) in [7, 11) is 1.60. The van der Waals surface area contributed by atoms with E-state index in [1.165, 1.54) is 11.1 Å². The fourth-order valence-corrected chi connectivity index (χ4v) is 7.04. The molecule has 0 unspecified atom stereocenters. The van der Waals surface area contributed by atoms with Crippen LogP contribution in [-0.4, -0.2) is 52.7 Å². The number of carboxylic acid groups (broad SMARTS) is 1. The molecule has 1 saturated heterocycles. The molecule has 2 N–H and O–H groups in total. The van der Waals surface area contributed by atoms with E-state index in [9.17, 15) is 23.5 Å². The van der Waals surface area contributed by atoms with Gasteiger partial charge in [0.15, 0.2) is 0 Å². The lowest BCUT2D eigenvalue weighted by Crippen LogP contribution is -2.49. The van der Waals surface area contributed by atoms with Crippen molar-refractivity contribution in [1.82, 2.24) is 15.2 Å². The Balaban J connectivity index is 1.89. The van der Waals surface area contributed by atoms with Crippen molar-refractivity contribution in [2.24, 2.45) is 17.3 Å². The van der Waals surface area contributed by atoms with Crippen molar-refractivity contribution in [2.45, 2.75) is 110 Å². The molecular formula is C34H47F2N3O5. The molecule has 8 nitrogen and oxygen atoms in total. The minimum Gasteiger partial charge on any atom is -0.496 e. The van der Waals surface area contributed by atoms with Crippen molar-refractivity contribution in [3.63, 3.8) is 0 Å². The molecule has 2 aromatic rings. The molecule has 44 heavy (non-hydrogen) atoms. The fourth-order valence-electron chi connectivity index (χ4n) is 7.04. The normalized spacial score (nSPS) is 23.2. The van der Waals surface area contributed by atoms with Crippen molar-refractivity contribution in [2.75, 3.05) is 7.11 Å². The summed E-state index contributed by atoms with van der Waals surface area (Å²) in [5.41, 5.74) is 1.50. The van der Waals surface area contributed by atoms with Crippen LogP contribution in [-0.2, 0) is 21.5 Å². The third kappa shape index (κ3) is 7.16. The highest BCUT2D eigenvalue weighted by Gasteiger charge is 2.59. The van der Waals surface area contributed by atoms with Gasteiger partial charge in [-0.1, -0.05) is 72.9 Å². The van der Waals surface area contributed by atoms with Crippen LogP contribution in [0.3, 0.4) is 0 Å². The third-order valence-electron chi connectivity index (χ3n) is 9.12. The molecule has 1 aliphatic heterocycles. The maximum absolute atomic E-state index is 14.4. The maximum atomic E-state index is 14.4. The number of rotatable bonds is 9. The monoisotopic (exact) mass is 615 g/mol. The Kier molecular flexibility index (Phi) is 10.2. The van der Waals surface area contributed by atoms with Crippen LogP contribution < -0.4 is 14.8 Å². The Labute approximate surface area is 259 Å². The first-order valence-corrected chi connectivity index (χ1v) is 15.5. The van der Waals surface area contributed by atoms with Crippen LogP contribution in [0.25, 0.3) is 0 Å². The van der Waals surface area contributed by atoms with Gasteiger partial charge in [0.2, 0.25) is 11.8 Å². The molecule has 4 atom stereocenters. The Hall–Kier alpha value is -3.27. The molecular weight excluding hydrogens is 568 g/mol. The number of aliphatic carboxylic acids is 1. The third-order valence-corrected chi connectivity index (χ3v) is 9.12. The zero-order chi connectivity index (χ0) is 32.4. The first-order chi connectivity index (χ1) is 20.6. The quantitative estimate of drug-likeness (QED) is 0.323. The van der Waals surface area contributed by atoms with Gasteiger partial charge in [-0.2, -0.15) is 8.78 Å². The van der Waals surface area contributed by atoms with Crippen molar-refractivity contribution in [1.29, 1.82) is 0 Å². The summed E-state index contributed by atoms with van der Waals surface area (Å²) in [5.74, 6) is -1.97. The number of pyridine rings is 1. The number of nitrogens with zero attached hydrogens (tertiary/aromatic N) is 2. The summed E-state index contributed by atoms with van der Waals surface area (Å²) in [6.45, 7) is 9.37. The first-order valence-electron chi connectivity index (χ1n) is 15.5. The highest BCUT2D eigenvalue weighted by atomic mass is 19.3. The number of aromatic nitrogens is 1. The molecule has 1 aromatic carbocycles. The largest absolute Gasteiger partial charge is 0.496 e. The maximum Gasteiger partial charge on any atom is 0.388 e. The number of methoxy groups -OCH3 is 1. The number of likely N-dealkylation sites (tertiary alicyclic amines) is 1. The van der Waals surface area contributed by atoms with Crippen molar-refractivity contribution >= 4 is 11.9 Å². The Morgan fingerprint density at radius 3 is 2.34 bits per heavy atom. The van der Waals surface area contributed by atoms with Gasteiger partial charge in [-0.15, -0.1) is 0 Å². The number of halogens is 2. The molecule has 4 rings (SSSR count). The van der Waals surface area contributed by atoms with Gasteiger partial charge in [-0.3, -0.25) is 4.79 Å². The second-order valence-corrected chi connectivity index (χ2v) is 14.2. The average Bonchev–Trinajstić information content (AvgIpc) is 3.31. The number of carboxylic acids is 1. The van der Waals surface area contributed by atoms with Gasteiger partial charge in [0.25, 0.3) is 0 Å². The van der Waals surface area contributed by atoms with Gasteiger partial charge in [0.05, 0.1) is 13.2 Å². The zero-order valence-corrected chi connectivity index (χ0v) is 26.9. The number of nitrogens with one attached hydrogen (secondary N) is 1. The minimum absolute atomic E-state index is 0.125. The van der Waals surface area contributed by atoms with Gasteiger partial charge in [-0.25, -0.2) is 9.78 Å². The highest BCUT2D eigenvalue weighted by molar-refractivity contribution is 5.87. The lowest BCUT2D eigenvalue weighted by Gasteiger charge is -2.36. The number of hydrogen-bond donors (Lipinski definition) is 2. The minimum atomic E-state index is -3.14. The van der Waals surface area contributed by atoms with Crippen LogP contribution in [0.2, 0.25) is 0 Å². The SMILES string of the molecule is COc1ccc(C(C)(C)C)cc1CN[C@H]1[C@H](C(C)(C)C)[C@@H](C(=O)O)N(C(=O)C2CCCCC2)[C@H]1c1cccnc1OC(F)F. The van der Waals surface area contributed by atoms with E-state index in [0.717, 1.165) is 30.4 Å². The number of carbonyl (C=O) groups is 2. The number of ether oxygens (including phenoxy) is 2. The molecule has 242 valence electrons. The van der Waals surface area contributed by atoms with E-state index in [4.69, 9.17) is 9.47 Å². The molecule has 1 aliphatic carbocycles. The summed E-state index contributed by atoms with van der Waals surface area (Å²) in [6.07, 6.45) is 5.47. The van der Waals surface area contributed by atoms with Crippen molar-refractivity contribution in [3.05, 3.63) is 53.2 Å². The van der Waals surface area contributed by atoms with E-state index in [1.807, 2.05) is 32.9 Å². The molecule has 2 fully saturated rings. The van der Waals surface area contributed by atoms with E-state index < -0.39 is 42.0 Å². The van der Waals surface area contributed by atoms with E-state index in [2.05, 4.69) is 37.1 Å². The van der Waals surface area contributed by atoms with Gasteiger partial charge in [-0.05, 0) is 47.4 Å². The van der Waals surface area contributed by atoms with Crippen LogP contribution in [0.15, 0.2) is 36.5 Å². The lowest BCUT2D eigenvalue weighted by atomic mass is 9.72. The van der Waals surface area contributed by atoms with Crippen LogP contribution >= 0.6 is 0 Å². The van der Waals surface area contributed by atoms with Crippen LogP contribution in [0, 0.1) is 17.3 Å². The average molecular weight is 616 g/mol. The molecule has 2 aliphatic rings. The molecule has 0 spiro atoms. The summed E-state index contributed by atoms with van der Waals surface area (Å²) in [4.78, 5) is 33.1. The summed E-state index contributed by atoms with van der Waals surface area (Å²) >= 11 is 0. The smallest absolute Gasteiger partial charge is 0.388 e. The molecule has 1 saturated carbocycles. The van der Waals surface area contributed by atoms with Crippen LogP contribution in [0.1, 0.15) is 96.4 Å². The standard InChI is InChI=1S/C34H47F2N3O5/c1-33(2,3)22-15-16-24(43-7)21(18-22)19-38-26-25(34(4,5)6)28(31(41)42)39(30(40)20-12-9-8-10-13-20)27(26)23-14-11-17-37-29(23)44-32(35)36/h11,14-18,20,25-28,32,38H,8-10,12-13,19H2,1-7H3,(H,41,42)/t25-,26-,27-,28-/m0/s1. The van der Waals surface area contributed by atoms with E-state index >= 15 is 0 Å². The molecule has 10 heteroatoms. The zero-order valence-electron chi connectivity index (χ0n) is 26.9. The fraction of sp³-hybridized carbons (Fsp3) is 0.618. The number of alkyl halides is 2. The second-order valence-electron chi connectivity index (χ2n) is 14.2. The molecule has 1 amide bonds. The predicted molar refractivity (Wildman–Crippen MR) is 164 cm³/mol. The van der Waals surface area contributed by atoms with Gasteiger partial charge < -0.3 is 24.8 Å². The lowest BCUT2D eigenvalue weighted by molar-refractivity contribution is -0.154.